The van der Waals surface area contributed by atoms with Crippen molar-refractivity contribution in [3.8, 4) is 0 Å². The molecule has 3 saturated heterocycles. The molecule has 0 saturated carbocycles. The van der Waals surface area contributed by atoms with Gasteiger partial charge in [0.1, 0.15) is 0 Å². The molecule has 4 nitrogen and oxygen atoms in total. The second-order valence-electron chi connectivity index (χ2n) is 6.75. The zero-order valence-electron chi connectivity index (χ0n) is 12.2. The molecule has 1 amide bonds. The quantitative estimate of drug-likeness (QED) is 0.811. The number of nitrogens with one attached hydrogen (secondary N) is 1. The third kappa shape index (κ3) is 2.65. The normalized spacial score (nSPS) is 34.1. The first-order valence-electron chi connectivity index (χ1n) is 7.93. The SMILES string of the molecule is CC1(C(=O)N2CCC(N3CCCC3)CC2)CCNC1. The molecule has 3 heterocycles. The molecular formula is C15H27N3O. The number of carbonyl (C=O) groups is 1. The Morgan fingerprint density at radius 3 is 2.42 bits per heavy atom. The number of hydrogen-bond donors (Lipinski definition) is 1. The van der Waals surface area contributed by atoms with Gasteiger partial charge in [-0.3, -0.25) is 4.79 Å². The van der Waals surface area contributed by atoms with Gasteiger partial charge in [0.25, 0.3) is 0 Å². The maximum absolute atomic E-state index is 12.6. The van der Waals surface area contributed by atoms with Crippen LogP contribution in [0.4, 0.5) is 0 Å². The Kier molecular flexibility index (Phi) is 3.81. The Hall–Kier alpha value is -0.610. The van der Waals surface area contributed by atoms with Crippen molar-refractivity contribution in [3.05, 3.63) is 0 Å². The summed E-state index contributed by atoms with van der Waals surface area (Å²) in [6, 6.07) is 0.737. The summed E-state index contributed by atoms with van der Waals surface area (Å²) >= 11 is 0. The molecular weight excluding hydrogens is 238 g/mol. The van der Waals surface area contributed by atoms with Gasteiger partial charge < -0.3 is 15.1 Å². The van der Waals surface area contributed by atoms with Gasteiger partial charge in [0, 0.05) is 25.7 Å². The molecule has 0 aromatic carbocycles. The minimum absolute atomic E-state index is 0.138. The van der Waals surface area contributed by atoms with Gasteiger partial charge in [0.2, 0.25) is 5.91 Å². The molecule has 3 aliphatic heterocycles. The zero-order chi connectivity index (χ0) is 13.3. The summed E-state index contributed by atoms with van der Waals surface area (Å²) in [6.45, 7) is 8.47. The van der Waals surface area contributed by atoms with Crippen molar-refractivity contribution in [3.63, 3.8) is 0 Å². The summed E-state index contributed by atoms with van der Waals surface area (Å²) in [4.78, 5) is 17.4. The van der Waals surface area contributed by atoms with Gasteiger partial charge in [-0.1, -0.05) is 0 Å². The largest absolute Gasteiger partial charge is 0.342 e. The van der Waals surface area contributed by atoms with E-state index in [4.69, 9.17) is 0 Å². The van der Waals surface area contributed by atoms with Gasteiger partial charge in [-0.05, 0) is 58.7 Å². The van der Waals surface area contributed by atoms with Gasteiger partial charge >= 0.3 is 0 Å². The van der Waals surface area contributed by atoms with Gasteiger partial charge in [-0.2, -0.15) is 0 Å². The molecule has 3 fully saturated rings. The number of hydrogen-bond acceptors (Lipinski definition) is 3. The van der Waals surface area contributed by atoms with Crippen LogP contribution in [0.15, 0.2) is 0 Å². The molecule has 0 aromatic heterocycles. The fraction of sp³-hybridized carbons (Fsp3) is 0.933. The second kappa shape index (κ2) is 5.41. The highest BCUT2D eigenvalue weighted by molar-refractivity contribution is 5.83. The van der Waals surface area contributed by atoms with Gasteiger partial charge in [-0.25, -0.2) is 0 Å². The first-order valence-corrected chi connectivity index (χ1v) is 7.93. The Balaban J connectivity index is 1.53. The lowest BCUT2D eigenvalue weighted by Gasteiger charge is -2.39. The van der Waals surface area contributed by atoms with Crippen molar-refractivity contribution in [1.29, 1.82) is 0 Å². The number of amides is 1. The van der Waals surface area contributed by atoms with E-state index in [1.807, 2.05) is 0 Å². The molecule has 1 atom stereocenters. The van der Waals surface area contributed by atoms with Gasteiger partial charge in [-0.15, -0.1) is 0 Å². The van der Waals surface area contributed by atoms with E-state index in [0.717, 1.165) is 38.6 Å². The predicted octanol–water partition coefficient (Wildman–Crippen LogP) is 1.07. The lowest BCUT2D eigenvalue weighted by Crippen LogP contribution is -2.50. The van der Waals surface area contributed by atoms with Gasteiger partial charge in [0.05, 0.1) is 5.41 Å². The molecule has 0 spiro atoms. The molecule has 108 valence electrons. The first kappa shape index (κ1) is 13.4. The third-order valence-corrected chi connectivity index (χ3v) is 5.29. The van der Waals surface area contributed by atoms with Crippen LogP contribution in [0.1, 0.15) is 39.0 Å². The minimum atomic E-state index is -0.138. The lowest BCUT2D eigenvalue weighted by molar-refractivity contribution is -0.141. The van der Waals surface area contributed by atoms with E-state index < -0.39 is 0 Å². The van der Waals surface area contributed by atoms with E-state index in [0.29, 0.717) is 5.91 Å². The average molecular weight is 265 g/mol. The third-order valence-electron chi connectivity index (χ3n) is 5.29. The molecule has 1 unspecified atom stereocenters. The van der Waals surface area contributed by atoms with E-state index in [-0.39, 0.29) is 5.41 Å². The number of rotatable bonds is 2. The van der Waals surface area contributed by atoms with Gasteiger partial charge in [0.15, 0.2) is 0 Å². The van der Waals surface area contributed by atoms with Crippen molar-refractivity contribution >= 4 is 5.91 Å². The molecule has 0 aliphatic carbocycles. The molecule has 19 heavy (non-hydrogen) atoms. The Bertz CT molecular complexity index is 324. The molecule has 3 rings (SSSR count). The molecule has 1 N–H and O–H groups in total. The fourth-order valence-corrected chi connectivity index (χ4v) is 3.92. The van der Waals surface area contributed by atoms with E-state index in [2.05, 4.69) is 22.0 Å². The van der Waals surface area contributed by atoms with E-state index >= 15 is 0 Å². The molecule has 4 heteroatoms. The van der Waals surface area contributed by atoms with Crippen molar-refractivity contribution in [2.24, 2.45) is 5.41 Å². The number of likely N-dealkylation sites (tertiary alicyclic amines) is 2. The molecule has 3 aliphatic rings. The van der Waals surface area contributed by atoms with Crippen molar-refractivity contribution in [2.45, 2.75) is 45.1 Å². The van der Waals surface area contributed by atoms with Crippen molar-refractivity contribution in [1.82, 2.24) is 15.1 Å². The van der Waals surface area contributed by atoms with Crippen LogP contribution in [-0.2, 0) is 4.79 Å². The van der Waals surface area contributed by atoms with Crippen LogP contribution in [0.2, 0.25) is 0 Å². The lowest BCUT2D eigenvalue weighted by atomic mass is 9.87. The average Bonchev–Trinajstić information content (AvgIpc) is 3.10. The highest BCUT2D eigenvalue weighted by atomic mass is 16.2. The fourth-order valence-electron chi connectivity index (χ4n) is 3.92. The van der Waals surface area contributed by atoms with Crippen LogP contribution in [0.5, 0.6) is 0 Å². The monoisotopic (exact) mass is 265 g/mol. The maximum Gasteiger partial charge on any atom is 0.229 e. The highest BCUT2D eigenvalue weighted by Gasteiger charge is 2.40. The van der Waals surface area contributed by atoms with Crippen LogP contribution in [-0.4, -0.2) is 61.0 Å². The standard InChI is InChI=1S/C15H27N3O/c1-15(6-7-16-12-15)14(19)18-10-4-13(5-11-18)17-8-2-3-9-17/h13,16H,2-12H2,1H3. The highest BCUT2D eigenvalue weighted by Crippen LogP contribution is 2.29. The molecule has 0 aromatic rings. The summed E-state index contributed by atoms with van der Waals surface area (Å²) in [5.41, 5.74) is -0.138. The van der Waals surface area contributed by atoms with Crippen molar-refractivity contribution < 1.29 is 4.79 Å². The Morgan fingerprint density at radius 1 is 1.16 bits per heavy atom. The van der Waals surface area contributed by atoms with Crippen molar-refractivity contribution in [2.75, 3.05) is 39.3 Å². The van der Waals surface area contributed by atoms with E-state index in [9.17, 15) is 4.79 Å². The number of carbonyl (C=O) groups excluding carboxylic acids is 1. The topological polar surface area (TPSA) is 35.6 Å². The smallest absolute Gasteiger partial charge is 0.229 e. The first-order chi connectivity index (χ1) is 9.19. The summed E-state index contributed by atoms with van der Waals surface area (Å²) in [6.07, 6.45) is 6.08. The van der Waals surface area contributed by atoms with E-state index in [1.165, 1.54) is 38.8 Å². The van der Waals surface area contributed by atoms with Crippen LogP contribution < -0.4 is 5.32 Å². The molecule has 0 bridgehead atoms. The Labute approximate surface area is 116 Å². The Morgan fingerprint density at radius 2 is 1.84 bits per heavy atom. The van der Waals surface area contributed by atoms with Crippen LogP contribution in [0, 0.1) is 5.41 Å². The van der Waals surface area contributed by atoms with Crippen LogP contribution in [0.25, 0.3) is 0 Å². The number of nitrogens with zero attached hydrogens (tertiary/aromatic N) is 2. The summed E-state index contributed by atoms with van der Waals surface area (Å²) in [7, 11) is 0. The summed E-state index contributed by atoms with van der Waals surface area (Å²) in [5, 5.41) is 3.33. The second-order valence-corrected chi connectivity index (χ2v) is 6.75. The predicted molar refractivity (Wildman–Crippen MR) is 76.0 cm³/mol. The zero-order valence-corrected chi connectivity index (χ0v) is 12.2. The van der Waals surface area contributed by atoms with E-state index in [1.54, 1.807) is 0 Å². The number of piperidine rings is 1. The maximum atomic E-state index is 12.6. The summed E-state index contributed by atoms with van der Waals surface area (Å²) in [5.74, 6) is 0.386. The van der Waals surface area contributed by atoms with Crippen LogP contribution in [0.3, 0.4) is 0 Å². The summed E-state index contributed by atoms with van der Waals surface area (Å²) < 4.78 is 0. The molecule has 0 radical (unpaired) electrons. The minimum Gasteiger partial charge on any atom is -0.342 e. The van der Waals surface area contributed by atoms with Crippen LogP contribution >= 0.6 is 0 Å².